The first-order chi connectivity index (χ1) is 23.6. The van der Waals surface area contributed by atoms with E-state index in [0.29, 0.717) is 52.1 Å². The highest BCUT2D eigenvalue weighted by Gasteiger charge is 2.44. The van der Waals surface area contributed by atoms with Crippen LogP contribution < -0.4 is 18.9 Å². The van der Waals surface area contributed by atoms with Crippen molar-refractivity contribution in [3.8, 4) is 57.4 Å². The summed E-state index contributed by atoms with van der Waals surface area (Å²) in [5, 5.41) is 8.65. The minimum absolute atomic E-state index is 0.506. The van der Waals surface area contributed by atoms with E-state index in [1.807, 2.05) is 97.1 Å². The molecule has 7 aromatic rings. The van der Waals surface area contributed by atoms with Crippen LogP contribution in [0.25, 0.3) is 11.1 Å². The van der Waals surface area contributed by atoms with Gasteiger partial charge in [0.05, 0.1) is 11.6 Å². The Morgan fingerprint density at radius 3 is 1.40 bits per heavy atom. The molecule has 0 aliphatic heterocycles. The highest BCUT2D eigenvalue weighted by molar-refractivity contribution is 5.83. The van der Waals surface area contributed by atoms with Crippen LogP contribution >= 0.6 is 0 Å². The van der Waals surface area contributed by atoms with Crippen molar-refractivity contribution in [3.63, 3.8) is 0 Å². The minimum Gasteiger partial charge on any atom is -0.457 e. The van der Waals surface area contributed by atoms with Crippen molar-refractivity contribution >= 4 is 0 Å². The van der Waals surface area contributed by atoms with Crippen LogP contribution in [0.15, 0.2) is 146 Å². The maximum Gasteiger partial charge on any atom is 0.219 e. The Balaban J connectivity index is 1.11. The highest BCUT2D eigenvalue weighted by Crippen LogP contribution is 2.53. The van der Waals surface area contributed by atoms with E-state index in [1.54, 1.807) is 36.9 Å². The molecule has 0 saturated heterocycles. The summed E-state index contributed by atoms with van der Waals surface area (Å²) in [5.74, 6) is 5.39. The summed E-state index contributed by atoms with van der Waals surface area (Å²) in [7, 11) is 0. The molecule has 1 aliphatic carbocycles. The van der Waals surface area contributed by atoms with Gasteiger partial charge in [-0.1, -0.05) is 36.4 Å². The summed E-state index contributed by atoms with van der Waals surface area (Å²) >= 11 is 0. The summed E-state index contributed by atoms with van der Waals surface area (Å²) in [6.45, 7) is 2.10. The van der Waals surface area contributed by atoms with E-state index in [9.17, 15) is 0 Å². The first-order valence-corrected chi connectivity index (χ1v) is 15.3. The van der Waals surface area contributed by atoms with Gasteiger partial charge in [0.25, 0.3) is 0 Å². The van der Waals surface area contributed by atoms with E-state index < -0.39 is 5.41 Å². The van der Waals surface area contributed by atoms with Crippen molar-refractivity contribution in [2.75, 3.05) is 0 Å². The lowest BCUT2D eigenvalue weighted by molar-refractivity contribution is 0.448. The van der Waals surface area contributed by atoms with Gasteiger partial charge in [-0.3, -0.25) is 0 Å². The van der Waals surface area contributed by atoms with Crippen LogP contribution in [0.1, 0.15) is 23.9 Å². The summed E-state index contributed by atoms with van der Waals surface area (Å²) in [4.78, 5) is 13.1. The molecule has 0 amide bonds. The van der Waals surface area contributed by atoms with Crippen molar-refractivity contribution in [2.45, 2.75) is 12.3 Å². The Kier molecular flexibility index (Phi) is 7.39. The SMILES string of the molecule is CC1(c2nccnn2)c2cc(Oc3cccc(Oc4ccccn4)c3)ccc2-c2ccc(Oc3cccc(Oc4ccccn4)c3)cc21. The van der Waals surface area contributed by atoms with Crippen LogP contribution in [-0.4, -0.2) is 25.1 Å². The number of aromatic nitrogens is 5. The molecular formula is C39H27N5O4. The fourth-order valence-electron chi connectivity index (χ4n) is 5.86. The zero-order valence-electron chi connectivity index (χ0n) is 25.7. The van der Waals surface area contributed by atoms with E-state index in [2.05, 4.69) is 44.2 Å². The van der Waals surface area contributed by atoms with Crippen LogP contribution in [0, 0.1) is 0 Å². The van der Waals surface area contributed by atoms with Gasteiger partial charge in [-0.2, -0.15) is 5.10 Å². The molecule has 48 heavy (non-hydrogen) atoms. The van der Waals surface area contributed by atoms with Crippen molar-refractivity contribution in [2.24, 2.45) is 0 Å². The molecule has 8 rings (SSSR count). The van der Waals surface area contributed by atoms with Gasteiger partial charge < -0.3 is 18.9 Å². The van der Waals surface area contributed by atoms with Crippen molar-refractivity contribution in [3.05, 3.63) is 163 Å². The summed E-state index contributed by atoms with van der Waals surface area (Å²) in [6, 6.07) is 38.1. The summed E-state index contributed by atoms with van der Waals surface area (Å²) in [5.41, 5.74) is 3.35. The molecule has 9 nitrogen and oxygen atoms in total. The minimum atomic E-state index is -0.745. The molecule has 0 N–H and O–H groups in total. The number of rotatable bonds is 9. The maximum absolute atomic E-state index is 6.37. The predicted molar refractivity (Wildman–Crippen MR) is 179 cm³/mol. The Hall–Kier alpha value is -6.61. The quantitative estimate of drug-likeness (QED) is 0.155. The molecule has 232 valence electrons. The molecule has 0 fully saturated rings. The van der Waals surface area contributed by atoms with Crippen LogP contribution in [-0.2, 0) is 5.41 Å². The number of nitrogens with zero attached hydrogens (tertiary/aromatic N) is 5. The zero-order chi connectivity index (χ0) is 32.3. The molecule has 1 aliphatic rings. The molecule has 0 saturated carbocycles. The van der Waals surface area contributed by atoms with Crippen LogP contribution in [0.4, 0.5) is 0 Å². The summed E-state index contributed by atoms with van der Waals surface area (Å²) < 4.78 is 24.6. The van der Waals surface area contributed by atoms with E-state index in [0.717, 1.165) is 22.3 Å². The van der Waals surface area contributed by atoms with Crippen molar-refractivity contribution in [1.82, 2.24) is 25.1 Å². The van der Waals surface area contributed by atoms with Crippen molar-refractivity contribution < 1.29 is 18.9 Å². The van der Waals surface area contributed by atoms with Gasteiger partial charge in [0.15, 0.2) is 5.82 Å². The lowest BCUT2D eigenvalue weighted by Crippen LogP contribution is -2.26. The number of benzene rings is 4. The summed E-state index contributed by atoms with van der Waals surface area (Å²) in [6.07, 6.45) is 6.61. The lowest BCUT2D eigenvalue weighted by Gasteiger charge is -2.25. The third-order valence-corrected chi connectivity index (χ3v) is 8.08. The molecule has 3 heterocycles. The first kappa shape index (κ1) is 28.8. The second-order valence-electron chi connectivity index (χ2n) is 11.2. The second kappa shape index (κ2) is 12.3. The average Bonchev–Trinajstić information content (AvgIpc) is 3.37. The third kappa shape index (κ3) is 5.65. The lowest BCUT2D eigenvalue weighted by atomic mass is 9.79. The Morgan fingerprint density at radius 2 is 0.938 bits per heavy atom. The standard InChI is InChI=1S/C39H27N5O4/c1-39(38-42-20-21-43-44-38)34-24-30(45-26-8-6-10-28(22-26)47-36-12-2-4-18-40-36)14-16-32(34)33-17-15-31(25-35(33)39)46-27-9-7-11-29(23-27)48-37-13-3-5-19-41-37/h2-25H,1H3. The molecule has 0 atom stereocenters. The zero-order valence-corrected chi connectivity index (χ0v) is 25.7. The number of hydrogen-bond donors (Lipinski definition) is 0. The van der Waals surface area contributed by atoms with Gasteiger partial charge in [-0.15, -0.1) is 5.10 Å². The van der Waals surface area contributed by atoms with Crippen LogP contribution in [0.3, 0.4) is 0 Å². The van der Waals surface area contributed by atoms with Gasteiger partial charge >= 0.3 is 0 Å². The largest absolute Gasteiger partial charge is 0.457 e. The third-order valence-electron chi connectivity index (χ3n) is 8.08. The Labute approximate surface area is 276 Å². The van der Waals surface area contributed by atoms with Gasteiger partial charge in [-0.25, -0.2) is 15.0 Å². The Morgan fingerprint density at radius 1 is 0.438 bits per heavy atom. The smallest absolute Gasteiger partial charge is 0.219 e. The molecule has 3 aromatic heterocycles. The molecular weight excluding hydrogens is 602 g/mol. The van der Waals surface area contributed by atoms with Crippen LogP contribution in [0.5, 0.6) is 46.3 Å². The monoisotopic (exact) mass is 629 g/mol. The highest BCUT2D eigenvalue weighted by atomic mass is 16.5. The van der Waals surface area contributed by atoms with Gasteiger partial charge in [0.2, 0.25) is 11.8 Å². The number of pyridine rings is 2. The number of hydrogen-bond acceptors (Lipinski definition) is 9. The number of ether oxygens (including phenoxy) is 4. The second-order valence-corrected chi connectivity index (χ2v) is 11.2. The predicted octanol–water partition coefficient (Wildman–Crippen LogP) is 9.17. The van der Waals surface area contributed by atoms with E-state index in [1.165, 1.54) is 0 Å². The van der Waals surface area contributed by atoms with E-state index in [4.69, 9.17) is 18.9 Å². The molecule has 0 spiro atoms. The fourth-order valence-corrected chi connectivity index (χ4v) is 5.86. The van der Waals surface area contributed by atoms with Crippen LogP contribution in [0.2, 0.25) is 0 Å². The van der Waals surface area contributed by atoms with Gasteiger partial charge in [0, 0.05) is 42.9 Å². The topological polar surface area (TPSA) is 101 Å². The van der Waals surface area contributed by atoms with Gasteiger partial charge in [0.1, 0.15) is 34.5 Å². The average molecular weight is 630 g/mol. The normalized spacial score (nSPS) is 12.4. The Bertz CT molecular complexity index is 2080. The molecule has 9 heteroatoms. The van der Waals surface area contributed by atoms with Crippen molar-refractivity contribution in [1.29, 1.82) is 0 Å². The van der Waals surface area contributed by atoms with E-state index >= 15 is 0 Å². The number of fused-ring (bicyclic) bond motifs is 3. The molecule has 0 unspecified atom stereocenters. The van der Waals surface area contributed by atoms with Gasteiger partial charge in [-0.05, 0) is 89.8 Å². The van der Waals surface area contributed by atoms with E-state index in [-0.39, 0.29) is 0 Å². The first-order valence-electron chi connectivity index (χ1n) is 15.3. The fraction of sp³-hybridized carbons (Fsp3) is 0.0513. The molecule has 0 bridgehead atoms. The molecule has 4 aromatic carbocycles. The molecule has 0 radical (unpaired) electrons. The maximum atomic E-state index is 6.37.